The monoisotopic (exact) mass is 273 g/mol. The summed E-state index contributed by atoms with van der Waals surface area (Å²) in [4.78, 5) is 12.1. The standard InChI is InChI=1S/C14H18F3NO/c1-4-13(3,10(2)14(15,16)17)12(19)18-11-8-6-5-7-9-11/h5-10H,4H2,1-3H3,(H,18,19)/t10-,13?/m1/s1. The second kappa shape index (κ2) is 5.63. The molecular weight excluding hydrogens is 255 g/mol. The molecule has 0 heterocycles. The van der Waals surface area contributed by atoms with Gasteiger partial charge >= 0.3 is 6.18 Å². The van der Waals surface area contributed by atoms with E-state index in [4.69, 9.17) is 0 Å². The zero-order valence-electron chi connectivity index (χ0n) is 11.2. The normalized spacial score (nSPS) is 16.5. The molecule has 0 aliphatic rings. The molecule has 1 rings (SSSR count). The van der Waals surface area contributed by atoms with Crippen LogP contribution in [0.15, 0.2) is 30.3 Å². The lowest BCUT2D eigenvalue weighted by molar-refractivity contribution is -0.200. The molecule has 0 aliphatic heterocycles. The first-order chi connectivity index (χ1) is 8.71. The summed E-state index contributed by atoms with van der Waals surface area (Å²) in [5.74, 6) is -2.31. The predicted octanol–water partition coefficient (Wildman–Crippen LogP) is 4.24. The minimum absolute atomic E-state index is 0.117. The summed E-state index contributed by atoms with van der Waals surface area (Å²) in [5.41, 5.74) is -0.977. The van der Waals surface area contributed by atoms with Gasteiger partial charge < -0.3 is 5.32 Å². The molecule has 0 bridgehead atoms. The van der Waals surface area contributed by atoms with Crippen molar-refractivity contribution in [3.05, 3.63) is 30.3 Å². The summed E-state index contributed by atoms with van der Waals surface area (Å²) in [6, 6.07) is 8.49. The highest BCUT2D eigenvalue weighted by atomic mass is 19.4. The van der Waals surface area contributed by atoms with Gasteiger partial charge in [-0.15, -0.1) is 0 Å². The molecule has 0 aromatic heterocycles. The molecule has 2 nitrogen and oxygen atoms in total. The molecule has 2 atom stereocenters. The van der Waals surface area contributed by atoms with Gasteiger partial charge in [-0.3, -0.25) is 4.79 Å². The number of alkyl halides is 3. The Hall–Kier alpha value is -1.52. The van der Waals surface area contributed by atoms with Gasteiger partial charge in [-0.2, -0.15) is 13.2 Å². The van der Waals surface area contributed by atoms with E-state index in [1.807, 2.05) is 0 Å². The number of carbonyl (C=O) groups excluding carboxylic acids is 1. The maximum Gasteiger partial charge on any atom is 0.392 e. The fourth-order valence-electron chi connectivity index (χ4n) is 1.82. The number of amides is 1. The Morgan fingerprint density at radius 2 is 1.79 bits per heavy atom. The van der Waals surface area contributed by atoms with Crippen LogP contribution in [0.25, 0.3) is 0 Å². The Morgan fingerprint density at radius 3 is 2.21 bits per heavy atom. The molecule has 0 saturated carbocycles. The van der Waals surface area contributed by atoms with E-state index in [1.54, 1.807) is 37.3 Å². The van der Waals surface area contributed by atoms with Crippen molar-refractivity contribution in [3.8, 4) is 0 Å². The first kappa shape index (κ1) is 15.5. The highest BCUT2D eigenvalue weighted by Gasteiger charge is 2.51. The van der Waals surface area contributed by atoms with Crippen molar-refractivity contribution in [2.45, 2.75) is 33.4 Å². The maximum absolute atomic E-state index is 12.9. The number of nitrogens with one attached hydrogen (secondary N) is 1. The predicted molar refractivity (Wildman–Crippen MR) is 68.7 cm³/mol. The fourth-order valence-corrected chi connectivity index (χ4v) is 1.82. The van der Waals surface area contributed by atoms with Crippen LogP contribution in [-0.2, 0) is 4.79 Å². The first-order valence-corrected chi connectivity index (χ1v) is 6.15. The van der Waals surface area contributed by atoms with Crippen molar-refractivity contribution >= 4 is 11.6 Å². The Bertz CT molecular complexity index is 430. The van der Waals surface area contributed by atoms with Crippen molar-refractivity contribution in [1.29, 1.82) is 0 Å². The van der Waals surface area contributed by atoms with Gasteiger partial charge in [-0.05, 0) is 18.6 Å². The zero-order valence-corrected chi connectivity index (χ0v) is 11.2. The maximum atomic E-state index is 12.9. The number of anilines is 1. The summed E-state index contributed by atoms with van der Waals surface area (Å²) in [7, 11) is 0. The quantitative estimate of drug-likeness (QED) is 0.873. The third kappa shape index (κ3) is 3.49. The third-order valence-corrected chi connectivity index (χ3v) is 3.73. The van der Waals surface area contributed by atoms with Crippen molar-refractivity contribution in [2.24, 2.45) is 11.3 Å². The van der Waals surface area contributed by atoms with Gasteiger partial charge in [-0.1, -0.05) is 39.0 Å². The second-order valence-corrected chi connectivity index (χ2v) is 4.85. The van der Waals surface area contributed by atoms with Gasteiger partial charge in [0.05, 0.1) is 11.3 Å². The number of carbonyl (C=O) groups is 1. The molecule has 1 N–H and O–H groups in total. The van der Waals surface area contributed by atoms with Gasteiger partial charge in [0.2, 0.25) is 5.91 Å². The van der Waals surface area contributed by atoms with Crippen molar-refractivity contribution < 1.29 is 18.0 Å². The number of benzene rings is 1. The summed E-state index contributed by atoms with van der Waals surface area (Å²) in [6.45, 7) is 3.99. The third-order valence-electron chi connectivity index (χ3n) is 3.73. The van der Waals surface area contributed by atoms with E-state index in [-0.39, 0.29) is 6.42 Å². The lowest BCUT2D eigenvalue weighted by Crippen LogP contribution is -2.44. The van der Waals surface area contributed by atoms with Crippen LogP contribution in [0.3, 0.4) is 0 Å². The SMILES string of the molecule is CCC(C)(C(=O)Nc1ccccc1)[C@@H](C)C(F)(F)F. The lowest BCUT2D eigenvalue weighted by atomic mass is 9.74. The molecule has 0 radical (unpaired) electrons. The average molecular weight is 273 g/mol. The molecule has 0 spiro atoms. The van der Waals surface area contributed by atoms with Crippen molar-refractivity contribution in [2.75, 3.05) is 5.32 Å². The lowest BCUT2D eigenvalue weighted by Gasteiger charge is -2.34. The minimum atomic E-state index is -4.39. The van der Waals surface area contributed by atoms with Gasteiger partial charge in [0.25, 0.3) is 0 Å². The van der Waals surface area contributed by atoms with Crippen LogP contribution in [0.2, 0.25) is 0 Å². The Morgan fingerprint density at radius 1 is 1.26 bits per heavy atom. The zero-order chi connectivity index (χ0) is 14.7. The number of rotatable bonds is 4. The Labute approximate surface area is 111 Å². The van der Waals surface area contributed by atoms with E-state index < -0.39 is 23.4 Å². The first-order valence-electron chi connectivity index (χ1n) is 6.15. The topological polar surface area (TPSA) is 29.1 Å². The van der Waals surface area contributed by atoms with Gasteiger partial charge in [0.15, 0.2) is 0 Å². The highest BCUT2D eigenvalue weighted by molar-refractivity contribution is 5.95. The van der Waals surface area contributed by atoms with Gasteiger partial charge in [0, 0.05) is 5.69 Å². The van der Waals surface area contributed by atoms with E-state index in [9.17, 15) is 18.0 Å². The van der Waals surface area contributed by atoms with Crippen LogP contribution in [0.1, 0.15) is 27.2 Å². The minimum Gasteiger partial charge on any atom is -0.326 e. The van der Waals surface area contributed by atoms with Crippen molar-refractivity contribution in [3.63, 3.8) is 0 Å². The summed E-state index contributed by atoms with van der Waals surface area (Å²) in [6.07, 6.45) is -4.27. The van der Waals surface area contributed by atoms with Crippen molar-refractivity contribution in [1.82, 2.24) is 0 Å². The molecule has 5 heteroatoms. The number of halogens is 3. The van der Waals surface area contributed by atoms with Crippen LogP contribution in [0.4, 0.5) is 18.9 Å². The van der Waals surface area contributed by atoms with E-state index >= 15 is 0 Å². The van der Waals surface area contributed by atoms with E-state index in [0.29, 0.717) is 5.69 Å². The highest BCUT2D eigenvalue weighted by Crippen LogP contribution is 2.42. The summed E-state index contributed by atoms with van der Waals surface area (Å²) in [5, 5.41) is 2.55. The number of hydrogen-bond donors (Lipinski definition) is 1. The molecule has 0 fully saturated rings. The number of para-hydroxylation sites is 1. The second-order valence-electron chi connectivity index (χ2n) is 4.85. The molecule has 106 valence electrons. The van der Waals surface area contributed by atoms with E-state index in [1.165, 1.54) is 6.92 Å². The van der Waals surface area contributed by atoms with Crippen LogP contribution in [-0.4, -0.2) is 12.1 Å². The van der Waals surface area contributed by atoms with Crippen LogP contribution >= 0.6 is 0 Å². The molecule has 19 heavy (non-hydrogen) atoms. The Balaban J connectivity index is 2.93. The smallest absolute Gasteiger partial charge is 0.326 e. The molecule has 1 unspecified atom stereocenters. The number of hydrogen-bond acceptors (Lipinski definition) is 1. The largest absolute Gasteiger partial charge is 0.392 e. The average Bonchev–Trinajstić information content (AvgIpc) is 2.37. The fraction of sp³-hybridized carbons (Fsp3) is 0.500. The van der Waals surface area contributed by atoms with Gasteiger partial charge in [0.1, 0.15) is 0 Å². The van der Waals surface area contributed by atoms with Gasteiger partial charge in [-0.25, -0.2) is 0 Å². The summed E-state index contributed by atoms with van der Waals surface area (Å²) >= 11 is 0. The van der Waals surface area contributed by atoms with Crippen LogP contribution in [0, 0.1) is 11.3 Å². The Kier molecular flexibility index (Phi) is 4.61. The molecular formula is C14H18F3NO. The molecule has 1 aromatic rings. The van der Waals surface area contributed by atoms with E-state index in [0.717, 1.165) is 6.92 Å². The summed E-state index contributed by atoms with van der Waals surface area (Å²) < 4.78 is 38.6. The molecule has 1 amide bonds. The molecule has 1 aromatic carbocycles. The molecule has 0 aliphatic carbocycles. The van der Waals surface area contributed by atoms with E-state index in [2.05, 4.69) is 5.32 Å². The van der Waals surface area contributed by atoms with Crippen LogP contribution in [0.5, 0.6) is 0 Å². The van der Waals surface area contributed by atoms with Crippen LogP contribution < -0.4 is 5.32 Å². The molecule has 0 saturated heterocycles.